The van der Waals surface area contributed by atoms with E-state index < -0.39 is 0 Å². The fourth-order valence-corrected chi connectivity index (χ4v) is 4.72. The zero-order chi connectivity index (χ0) is 20.3. The highest BCUT2D eigenvalue weighted by atomic mass is 14.9. The van der Waals surface area contributed by atoms with E-state index in [4.69, 9.17) is 0 Å². The van der Waals surface area contributed by atoms with E-state index in [2.05, 4.69) is 48.1 Å². The molecule has 1 saturated carbocycles. The van der Waals surface area contributed by atoms with Gasteiger partial charge >= 0.3 is 0 Å². The van der Waals surface area contributed by atoms with E-state index in [1.54, 1.807) is 0 Å². The first-order valence-electron chi connectivity index (χ1n) is 12.2. The number of aryl methyl sites for hydroxylation is 2. The Hall–Kier alpha value is -1.70. The summed E-state index contributed by atoms with van der Waals surface area (Å²) in [6.07, 6.45) is 21.9. The van der Waals surface area contributed by atoms with Gasteiger partial charge in [-0.25, -0.2) is 9.97 Å². The number of aromatic nitrogens is 2. The molecule has 158 valence electrons. The van der Waals surface area contributed by atoms with Crippen LogP contribution in [0.15, 0.2) is 36.7 Å². The quantitative estimate of drug-likeness (QED) is 0.364. The van der Waals surface area contributed by atoms with E-state index in [1.165, 1.54) is 88.2 Å². The monoisotopic (exact) mass is 392 g/mol. The lowest BCUT2D eigenvalue weighted by Crippen LogP contribution is -2.15. The highest BCUT2D eigenvalue weighted by Crippen LogP contribution is 2.34. The van der Waals surface area contributed by atoms with Gasteiger partial charge in [0.1, 0.15) is 0 Å². The van der Waals surface area contributed by atoms with Crippen molar-refractivity contribution in [2.45, 2.75) is 97.3 Å². The molecule has 1 heterocycles. The largest absolute Gasteiger partial charge is 0.236 e. The molecular weight excluding hydrogens is 352 g/mol. The molecule has 2 nitrogen and oxygen atoms in total. The summed E-state index contributed by atoms with van der Waals surface area (Å²) in [6, 6.07) is 8.92. The first-order chi connectivity index (χ1) is 14.3. The van der Waals surface area contributed by atoms with Crippen LogP contribution in [0.25, 0.3) is 11.4 Å². The minimum atomic E-state index is 0.835. The molecule has 0 atom stereocenters. The second-order valence-corrected chi connectivity index (χ2v) is 9.09. The fraction of sp³-hybridized carbons (Fsp3) is 0.630. The topological polar surface area (TPSA) is 25.8 Å². The predicted octanol–water partition coefficient (Wildman–Crippen LogP) is 7.81. The minimum absolute atomic E-state index is 0.835. The Labute approximate surface area is 178 Å². The normalized spacial score (nSPS) is 19.4. The van der Waals surface area contributed by atoms with Gasteiger partial charge in [-0.15, -0.1) is 0 Å². The van der Waals surface area contributed by atoms with Crippen LogP contribution in [0.5, 0.6) is 0 Å². The average molecular weight is 393 g/mol. The van der Waals surface area contributed by atoms with Gasteiger partial charge in [-0.05, 0) is 42.2 Å². The van der Waals surface area contributed by atoms with Crippen LogP contribution in [-0.4, -0.2) is 9.97 Å². The molecule has 0 aliphatic heterocycles. The molecule has 0 unspecified atom stereocenters. The van der Waals surface area contributed by atoms with Crippen molar-refractivity contribution < 1.29 is 0 Å². The van der Waals surface area contributed by atoms with Crippen LogP contribution in [0.4, 0.5) is 0 Å². The molecule has 0 spiro atoms. The molecule has 0 N–H and O–H groups in total. The Balaban J connectivity index is 1.36. The summed E-state index contributed by atoms with van der Waals surface area (Å²) in [6.45, 7) is 4.43. The summed E-state index contributed by atoms with van der Waals surface area (Å²) >= 11 is 0. The summed E-state index contributed by atoms with van der Waals surface area (Å²) in [5.41, 5.74) is 3.77. The molecule has 2 heteroatoms. The maximum Gasteiger partial charge on any atom is 0.159 e. The van der Waals surface area contributed by atoms with Gasteiger partial charge < -0.3 is 0 Å². The van der Waals surface area contributed by atoms with Gasteiger partial charge in [-0.2, -0.15) is 0 Å². The van der Waals surface area contributed by atoms with Crippen LogP contribution >= 0.6 is 0 Å². The lowest BCUT2D eigenvalue weighted by molar-refractivity contribution is 0.248. The SMILES string of the molecule is CCCCCCCC1CCC(CCc2ccc(-c3ncc(CC)cn3)cc2)CC1. The Morgan fingerprint density at radius 1 is 0.724 bits per heavy atom. The van der Waals surface area contributed by atoms with Gasteiger partial charge in [0.05, 0.1) is 0 Å². The fourth-order valence-electron chi connectivity index (χ4n) is 4.72. The van der Waals surface area contributed by atoms with Crippen molar-refractivity contribution in [3.63, 3.8) is 0 Å². The minimum Gasteiger partial charge on any atom is -0.236 e. The summed E-state index contributed by atoms with van der Waals surface area (Å²) < 4.78 is 0. The molecule has 3 rings (SSSR count). The molecule has 1 aliphatic carbocycles. The molecule has 2 aromatic rings. The summed E-state index contributed by atoms with van der Waals surface area (Å²) in [5, 5.41) is 0. The number of nitrogens with zero attached hydrogens (tertiary/aromatic N) is 2. The van der Waals surface area contributed by atoms with E-state index in [-0.39, 0.29) is 0 Å². The molecule has 0 amide bonds. The molecule has 0 saturated heterocycles. The van der Waals surface area contributed by atoms with Crippen molar-refractivity contribution in [3.05, 3.63) is 47.8 Å². The second-order valence-electron chi connectivity index (χ2n) is 9.09. The maximum absolute atomic E-state index is 4.50. The van der Waals surface area contributed by atoms with Crippen molar-refractivity contribution in [2.24, 2.45) is 11.8 Å². The van der Waals surface area contributed by atoms with Crippen LogP contribution in [0.1, 0.15) is 95.6 Å². The van der Waals surface area contributed by atoms with Crippen molar-refractivity contribution in [1.82, 2.24) is 9.97 Å². The highest BCUT2D eigenvalue weighted by molar-refractivity contribution is 5.55. The average Bonchev–Trinajstić information content (AvgIpc) is 2.79. The first-order valence-corrected chi connectivity index (χ1v) is 12.2. The number of unbranched alkanes of at least 4 members (excludes halogenated alkanes) is 4. The third kappa shape index (κ3) is 7.24. The lowest BCUT2D eigenvalue weighted by atomic mass is 9.77. The van der Waals surface area contributed by atoms with Gasteiger partial charge in [-0.3, -0.25) is 0 Å². The summed E-state index contributed by atoms with van der Waals surface area (Å²) in [4.78, 5) is 9.00. The molecule has 29 heavy (non-hydrogen) atoms. The van der Waals surface area contributed by atoms with E-state index in [1.807, 2.05) is 12.4 Å². The van der Waals surface area contributed by atoms with Crippen molar-refractivity contribution in [3.8, 4) is 11.4 Å². The molecular formula is C27H40N2. The van der Waals surface area contributed by atoms with Crippen LogP contribution in [0, 0.1) is 11.8 Å². The smallest absolute Gasteiger partial charge is 0.159 e. The van der Waals surface area contributed by atoms with Crippen molar-refractivity contribution in [1.29, 1.82) is 0 Å². The second kappa shape index (κ2) is 12.1. The van der Waals surface area contributed by atoms with Crippen molar-refractivity contribution in [2.75, 3.05) is 0 Å². The highest BCUT2D eigenvalue weighted by Gasteiger charge is 2.20. The Morgan fingerprint density at radius 2 is 1.34 bits per heavy atom. The summed E-state index contributed by atoms with van der Waals surface area (Å²) in [7, 11) is 0. The van der Waals surface area contributed by atoms with Gasteiger partial charge in [0, 0.05) is 18.0 Å². The van der Waals surface area contributed by atoms with E-state index >= 15 is 0 Å². The van der Waals surface area contributed by atoms with Crippen LogP contribution in [-0.2, 0) is 12.8 Å². The molecule has 0 radical (unpaired) electrons. The number of hydrogen-bond acceptors (Lipinski definition) is 2. The van der Waals surface area contributed by atoms with Crippen LogP contribution in [0.2, 0.25) is 0 Å². The van der Waals surface area contributed by atoms with Crippen molar-refractivity contribution >= 4 is 0 Å². The third-order valence-electron chi connectivity index (χ3n) is 6.85. The van der Waals surface area contributed by atoms with Gasteiger partial charge in [0.15, 0.2) is 5.82 Å². The van der Waals surface area contributed by atoms with E-state index in [0.717, 1.165) is 29.6 Å². The van der Waals surface area contributed by atoms with Gasteiger partial charge in [0.25, 0.3) is 0 Å². The zero-order valence-electron chi connectivity index (χ0n) is 18.7. The van der Waals surface area contributed by atoms with Crippen LogP contribution < -0.4 is 0 Å². The van der Waals surface area contributed by atoms with E-state index in [0.29, 0.717) is 0 Å². The van der Waals surface area contributed by atoms with E-state index in [9.17, 15) is 0 Å². The van der Waals surface area contributed by atoms with Crippen LogP contribution in [0.3, 0.4) is 0 Å². The first kappa shape index (κ1) is 22.0. The zero-order valence-corrected chi connectivity index (χ0v) is 18.7. The Kier molecular flexibility index (Phi) is 9.18. The molecule has 1 aliphatic rings. The molecule has 0 bridgehead atoms. The third-order valence-corrected chi connectivity index (χ3v) is 6.85. The number of hydrogen-bond donors (Lipinski definition) is 0. The number of rotatable bonds is 11. The summed E-state index contributed by atoms with van der Waals surface area (Å²) in [5.74, 6) is 2.80. The van der Waals surface area contributed by atoms with Gasteiger partial charge in [-0.1, -0.05) is 102 Å². The molecule has 1 fully saturated rings. The predicted molar refractivity (Wildman–Crippen MR) is 124 cm³/mol. The Bertz CT molecular complexity index is 681. The maximum atomic E-state index is 4.50. The lowest BCUT2D eigenvalue weighted by Gasteiger charge is -2.28. The van der Waals surface area contributed by atoms with Gasteiger partial charge in [0.2, 0.25) is 0 Å². The molecule has 1 aromatic heterocycles. The molecule has 1 aromatic carbocycles. The standard InChI is InChI=1S/C27H40N2/c1-3-5-6-7-8-9-23-10-12-24(13-11-23)14-15-25-16-18-26(19-17-25)27-28-20-22(4-2)21-29-27/h16-21,23-24H,3-15H2,1-2H3. The Morgan fingerprint density at radius 3 is 1.97 bits per heavy atom. The number of benzene rings is 1.